The molecule has 2 aromatic rings. The van der Waals surface area contributed by atoms with Gasteiger partial charge in [-0.3, -0.25) is 19.7 Å². The van der Waals surface area contributed by atoms with E-state index in [1.165, 1.54) is 6.07 Å². The number of rotatable bonds is 6. The molecule has 0 aromatic heterocycles. The summed E-state index contributed by atoms with van der Waals surface area (Å²) in [6, 6.07) is 9.59. The highest BCUT2D eigenvalue weighted by molar-refractivity contribution is 6.06. The maximum Gasteiger partial charge on any atom is 0.293 e. The fourth-order valence-corrected chi connectivity index (χ4v) is 3.52. The lowest BCUT2D eigenvalue weighted by molar-refractivity contribution is -0.384. The van der Waals surface area contributed by atoms with Crippen molar-refractivity contribution < 1.29 is 14.5 Å². The molecular formula is C22H26N4O4. The van der Waals surface area contributed by atoms with Gasteiger partial charge in [-0.1, -0.05) is 6.07 Å². The van der Waals surface area contributed by atoms with E-state index in [-0.39, 0.29) is 23.2 Å². The lowest BCUT2D eigenvalue weighted by Gasteiger charge is -2.18. The van der Waals surface area contributed by atoms with Crippen LogP contribution in [0.1, 0.15) is 53.0 Å². The highest BCUT2D eigenvalue weighted by Gasteiger charge is 2.24. The highest BCUT2D eigenvalue weighted by atomic mass is 16.6. The molecule has 2 N–H and O–H groups in total. The molecule has 1 heterocycles. The molecule has 0 aliphatic carbocycles. The predicted molar refractivity (Wildman–Crippen MR) is 116 cm³/mol. The van der Waals surface area contributed by atoms with Crippen LogP contribution >= 0.6 is 0 Å². The number of aryl methyl sites for hydroxylation is 1. The van der Waals surface area contributed by atoms with Crippen LogP contribution < -0.4 is 15.5 Å². The van der Waals surface area contributed by atoms with E-state index >= 15 is 0 Å². The van der Waals surface area contributed by atoms with Crippen molar-refractivity contribution >= 4 is 28.9 Å². The molecular weight excluding hydrogens is 384 g/mol. The molecule has 1 aliphatic rings. The van der Waals surface area contributed by atoms with Crippen molar-refractivity contribution in [2.45, 2.75) is 39.7 Å². The lowest BCUT2D eigenvalue weighted by atomic mass is 10.1. The average molecular weight is 410 g/mol. The van der Waals surface area contributed by atoms with E-state index < -0.39 is 10.8 Å². The van der Waals surface area contributed by atoms with Crippen LogP contribution in [0.25, 0.3) is 0 Å². The first kappa shape index (κ1) is 21.3. The zero-order valence-corrected chi connectivity index (χ0v) is 17.4. The van der Waals surface area contributed by atoms with Crippen LogP contribution in [0.15, 0.2) is 36.4 Å². The second-order valence-corrected chi connectivity index (χ2v) is 7.77. The molecule has 1 aliphatic heterocycles. The summed E-state index contributed by atoms with van der Waals surface area (Å²) in [5.74, 6) is -0.686. The normalized spacial score (nSPS) is 13.4. The van der Waals surface area contributed by atoms with Crippen LogP contribution in [0, 0.1) is 17.0 Å². The third-order valence-corrected chi connectivity index (χ3v) is 5.04. The Morgan fingerprint density at radius 2 is 1.77 bits per heavy atom. The Kier molecular flexibility index (Phi) is 6.34. The van der Waals surface area contributed by atoms with E-state index in [0.717, 1.165) is 31.5 Å². The Bertz CT molecular complexity index is 981. The number of anilines is 2. The van der Waals surface area contributed by atoms with Gasteiger partial charge in [0.15, 0.2) is 0 Å². The quantitative estimate of drug-likeness (QED) is 0.555. The Balaban J connectivity index is 1.83. The van der Waals surface area contributed by atoms with E-state index in [2.05, 4.69) is 10.6 Å². The van der Waals surface area contributed by atoms with Crippen LogP contribution in [0.3, 0.4) is 0 Å². The van der Waals surface area contributed by atoms with Gasteiger partial charge in [0.25, 0.3) is 17.5 Å². The monoisotopic (exact) mass is 410 g/mol. The number of nitrogens with one attached hydrogen (secondary N) is 2. The molecule has 158 valence electrons. The summed E-state index contributed by atoms with van der Waals surface area (Å²) in [5.41, 5.74) is 2.36. The fraction of sp³-hybridized carbons (Fsp3) is 0.364. The van der Waals surface area contributed by atoms with Crippen LogP contribution in [0.5, 0.6) is 0 Å². The van der Waals surface area contributed by atoms with E-state index in [9.17, 15) is 19.7 Å². The molecule has 0 spiro atoms. The standard InChI is InChI=1S/C22H26N4O4/c1-14(2)23-22(28)18-13-17(8-6-15(18)3)24-21(27)16-7-9-19(20(12-16)26(29)30)25-10-4-5-11-25/h6-9,12-14H,4-5,10-11H2,1-3H3,(H,23,28)(H,24,27). The van der Waals surface area contributed by atoms with Crippen molar-refractivity contribution in [2.24, 2.45) is 0 Å². The van der Waals surface area contributed by atoms with Gasteiger partial charge >= 0.3 is 0 Å². The summed E-state index contributed by atoms with van der Waals surface area (Å²) in [5, 5.41) is 17.1. The summed E-state index contributed by atoms with van der Waals surface area (Å²) in [7, 11) is 0. The summed E-state index contributed by atoms with van der Waals surface area (Å²) in [6.07, 6.45) is 2.00. The molecule has 0 saturated carbocycles. The number of carbonyl (C=O) groups is 2. The van der Waals surface area contributed by atoms with Crippen molar-refractivity contribution in [3.63, 3.8) is 0 Å². The molecule has 30 heavy (non-hydrogen) atoms. The van der Waals surface area contributed by atoms with E-state index in [1.54, 1.807) is 30.3 Å². The zero-order valence-electron chi connectivity index (χ0n) is 17.4. The number of amides is 2. The topological polar surface area (TPSA) is 105 Å². The maximum atomic E-state index is 12.7. The first-order chi connectivity index (χ1) is 14.3. The van der Waals surface area contributed by atoms with Crippen molar-refractivity contribution in [2.75, 3.05) is 23.3 Å². The maximum absolute atomic E-state index is 12.7. The third-order valence-electron chi connectivity index (χ3n) is 5.04. The predicted octanol–water partition coefficient (Wildman–Crippen LogP) is 3.89. The van der Waals surface area contributed by atoms with Gasteiger partial charge in [0.2, 0.25) is 0 Å². The van der Waals surface area contributed by atoms with Crippen molar-refractivity contribution in [3.05, 3.63) is 63.2 Å². The third kappa shape index (κ3) is 4.76. The molecule has 3 rings (SSSR count). The number of hydrogen-bond acceptors (Lipinski definition) is 5. The van der Waals surface area contributed by atoms with Gasteiger partial charge in [0, 0.05) is 42.0 Å². The molecule has 0 unspecified atom stereocenters. The minimum atomic E-state index is -0.467. The van der Waals surface area contributed by atoms with Crippen LogP contribution in [0.2, 0.25) is 0 Å². The number of carbonyl (C=O) groups excluding carboxylic acids is 2. The SMILES string of the molecule is Cc1ccc(NC(=O)c2ccc(N3CCCC3)c([N+](=O)[O-])c2)cc1C(=O)NC(C)C. The summed E-state index contributed by atoms with van der Waals surface area (Å²) in [4.78, 5) is 38.2. The highest BCUT2D eigenvalue weighted by Crippen LogP contribution is 2.32. The fourth-order valence-electron chi connectivity index (χ4n) is 3.52. The molecule has 1 fully saturated rings. The van der Waals surface area contributed by atoms with E-state index in [1.807, 2.05) is 25.7 Å². The smallest absolute Gasteiger partial charge is 0.293 e. The summed E-state index contributed by atoms with van der Waals surface area (Å²) in [6.45, 7) is 7.12. The van der Waals surface area contributed by atoms with Crippen LogP contribution in [-0.4, -0.2) is 35.9 Å². The number of benzene rings is 2. The van der Waals surface area contributed by atoms with Gasteiger partial charge in [-0.15, -0.1) is 0 Å². The minimum absolute atomic E-state index is 0.00943. The second-order valence-electron chi connectivity index (χ2n) is 7.77. The lowest BCUT2D eigenvalue weighted by Crippen LogP contribution is -2.30. The zero-order chi connectivity index (χ0) is 21.8. The van der Waals surface area contributed by atoms with Gasteiger partial charge in [-0.25, -0.2) is 0 Å². The van der Waals surface area contributed by atoms with Crippen molar-refractivity contribution in [1.82, 2.24) is 5.32 Å². The summed E-state index contributed by atoms with van der Waals surface area (Å²) >= 11 is 0. The largest absolute Gasteiger partial charge is 0.366 e. The molecule has 0 atom stereocenters. The second kappa shape index (κ2) is 8.94. The first-order valence-corrected chi connectivity index (χ1v) is 10.0. The molecule has 2 aromatic carbocycles. The van der Waals surface area contributed by atoms with Gasteiger partial charge in [-0.05, 0) is 63.4 Å². The number of nitro groups is 1. The average Bonchev–Trinajstić information content (AvgIpc) is 3.23. The number of hydrogen-bond donors (Lipinski definition) is 2. The Labute approximate surface area is 175 Å². The van der Waals surface area contributed by atoms with Gasteiger partial charge in [0.05, 0.1) is 4.92 Å². The van der Waals surface area contributed by atoms with Crippen LogP contribution in [0.4, 0.5) is 17.1 Å². The minimum Gasteiger partial charge on any atom is -0.366 e. The Morgan fingerprint density at radius 1 is 1.07 bits per heavy atom. The van der Waals surface area contributed by atoms with E-state index in [4.69, 9.17) is 0 Å². The number of nitrogens with zero attached hydrogens (tertiary/aromatic N) is 2. The summed E-state index contributed by atoms with van der Waals surface area (Å²) < 4.78 is 0. The molecule has 0 bridgehead atoms. The van der Waals surface area contributed by atoms with E-state index in [0.29, 0.717) is 16.9 Å². The Hall–Kier alpha value is -3.42. The van der Waals surface area contributed by atoms with Gasteiger partial charge < -0.3 is 15.5 Å². The Morgan fingerprint density at radius 3 is 2.40 bits per heavy atom. The van der Waals surface area contributed by atoms with Gasteiger partial charge in [0.1, 0.15) is 5.69 Å². The number of nitro benzene ring substituents is 1. The molecule has 8 nitrogen and oxygen atoms in total. The molecule has 0 radical (unpaired) electrons. The van der Waals surface area contributed by atoms with Crippen LogP contribution in [-0.2, 0) is 0 Å². The van der Waals surface area contributed by atoms with Crippen molar-refractivity contribution in [1.29, 1.82) is 0 Å². The molecule has 2 amide bonds. The first-order valence-electron chi connectivity index (χ1n) is 10.0. The van der Waals surface area contributed by atoms with Crippen molar-refractivity contribution in [3.8, 4) is 0 Å². The van der Waals surface area contributed by atoms with Gasteiger partial charge in [-0.2, -0.15) is 0 Å². The molecule has 8 heteroatoms. The molecule has 1 saturated heterocycles.